The summed E-state index contributed by atoms with van der Waals surface area (Å²) in [5.74, 6) is -0.135. The smallest absolute Gasteiger partial charge is 0.261 e. The van der Waals surface area contributed by atoms with Gasteiger partial charge in [0.15, 0.2) is 5.16 Å². The molecule has 3 aromatic carbocycles. The van der Waals surface area contributed by atoms with Crippen LogP contribution in [0, 0.1) is 0 Å². The molecule has 1 heterocycles. The molecule has 0 spiro atoms. The van der Waals surface area contributed by atoms with Crippen LogP contribution in [0.4, 0.5) is 5.69 Å². The van der Waals surface area contributed by atoms with Crippen LogP contribution in [0.5, 0.6) is 0 Å². The molecule has 1 N–H and O–H groups in total. The Bertz CT molecular complexity index is 1240. The van der Waals surface area contributed by atoms with Gasteiger partial charge in [0.1, 0.15) is 0 Å². The molecule has 0 unspecified atom stereocenters. The topological polar surface area (TPSA) is 64.0 Å². The summed E-state index contributed by atoms with van der Waals surface area (Å²) in [6.45, 7) is 1.81. The van der Waals surface area contributed by atoms with Crippen LogP contribution >= 0.6 is 11.8 Å². The lowest BCUT2D eigenvalue weighted by atomic mass is 10.1. The summed E-state index contributed by atoms with van der Waals surface area (Å²) in [4.78, 5) is 30.0. The maximum absolute atomic E-state index is 12.8. The van der Waals surface area contributed by atoms with Gasteiger partial charge >= 0.3 is 0 Å². The highest BCUT2D eigenvalue weighted by Gasteiger charge is 2.18. The van der Waals surface area contributed by atoms with E-state index in [1.54, 1.807) is 14.0 Å². The van der Waals surface area contributed by atoms with Crippen molar-refractivity contribution in [3.05, 3.63) is 77.1 Å². The Morgan fingerprint density at radius 2 is 1.68 bits per heavy atom. The molecule has 4 rings (SSSR count). The molecule has 4 aromatic rings. The molecule has 0 radical (unpaired) electrons. The Kier molecular flexibility index (Phi) is 4.88. The predicted octanol–water partition coefficient (Wildman–Crippen LogP) is 4.21. The summed E-state index contributed by atoms with van der Waals surface area (Å²) in [6.07, 6.45) is 0. The number of anilines is 1. The maximum atomic E-state index is 12.8. The molecule has 0 aliphatic rings. The average molecular weight is 389 g/mol. The van der Waals surface area contributed by atoms with Crippen molar-refractivity contribution in [1.82, 2.24) is 9.55 Å². The van der Waals surface area contributed by atoms with E-state index in [1.165, 1.54) is 16.3 Å². The third-order valence-electron chi connectivity index (χ3n) is 4.59. The van der Waals surface area contributed by atoms with Crippen LogP contribution in [0.2, 0.25) is 0 Å². The fraction of sp³-hybridized carbons (Fsp3) is 0.136. The highest BCUT2D eigenvalue weighted by atomic mass is 32.2. The Labute approximate surface area is 166 Å². The number of aromatic nitrogens is 2. The molecule has 0 bridgehead atoms. The van der Waals surface area contributed by atoms with E-state index < -0.39 is 5.25 Å². The minimum Gasteiger partial charge on any atom is -0.325 e. The molecule has 0 aliphatic heterocycles. The molecular weight excluding hydrogens is 370 g/mol. The van der Waals surface area contributed by atoms with Gasteiger partial charge in [-0.15, -0.1) is 0 Å². The Hall–Kier alpha value is -3.12. The number of nitrogens with zero attached hydrogens (tertiary/aromatic N) is 2. The number of nitrogens with one attached hydrogen (secondary N) is 1. The fourth-order valence-corrected chi connectivity index (χ4v) is 3.89. The summed E-state index contributed by atoms with van der Waals surface area (Å²) in [5, 5.41) is 5.60. The molecule has 140 valence electrons. The first-order valence-corrected chi connectivity index (χ1v) is 9.83. The second-order valence-corrected chi connectivity index (χ2v) is 7.90. The normalized spacial score (nSPS) is 12.2. The zero-order valence-corrected chi connectivity index (χ0v) is 16.4. The van der Waals surface area contributed by atoms with Gasteiger partial charge in [-0.3, -0.25) is 14.2 Å². The van der Waals surface area contributed by atoms with Crippen LogP contribution in [-0.4, -0.2) is 20.7 Å². The van der Waals surface area contributed by atoms with Crippen molar-refractivity contribution in [3.63, 3.8) is 0 Å². The number of hydrogen-bond acceptors (Lipinski definition) is 4. The van der Waals surface area contributed by atoms with E-state index in [0.29, 0.717) is 16.1 Å². The van der Waals surface area contributed by atoms with E-state index in [0.717, 1.165) is 16.5 Å². The van der Waals surface area contributed by atoms with Crippen molar-refractivity contribution >= 4 is 45.0 Å². The number of hydrogen-bond donors (Lipinski definition) is 1. The van der Waals surface area contributed by atoms with Crippen molar-refractivity contribution < 1.29 is 4.79 Å². The number of amides is 1. The molecule has 28 heavy (non-hydrogen) atoms. The molecular formula is C22H19N3O2S. The van der Waals surface area contributed by atoms with Crippen LogP contribution in [0.1, 0.15) is 6.92 Å². The largest absolute Gasteiger partial charge is 0.325 e. The standard InChI is InChI=1S/C22H19N3O2S/c1-14(20(26)23-17-10-4-3-5-11-17)28-22-24-19-13-16-9-7-6-8-15(16)12-18(19)21(27)25(22)2/h3-14H,1-2H3,(H,23,26)/t14-/m0/s1. The summed E-state index contributed by atoms with van der Waals surface area (Å²) in [5.41, 5.74) is 1.26. The van der Waals surface area contributed by atoms with E-state index in [2.05, 4.69) is 10.3 Å². The summed E-state index contributed by atoms with van der Waals surface area (Å²) >= 11 is 1.27. The molecule has 0 saturated carbocycles. The lowest BCUT2D eigenvalue weighted by Gasteiger charge is -2.14. The van der Waals surface area contributed by atoms with Crippen molar-refractivity contribution in [3.8, 4) is 0 Å². The van der Waals surface area contributed by atoms with Gasteiger partial charge in [-0.1, -0.05) is 54.2 Å². The van der Waals surface area contributed by atoms with Gasteiger partial charge in [0.05, 0.1) is 16.2 Å². The predicted molar refractivity (Wildman–Crippen MR) is 115 cm³/mol. The molecule has 1 aromatic heterocycles. The van der Waals surface area contributed by atoms with Gasteiger partial charge in [-0.2, -0.15) is 0 Å². The van der Waals surface area contributed by atoms with Gasteiger partial charge in [0.2, 0.25) is 5.91 Å². The Balaban J connectivity index is 1.66. The quantitative estimate of drug-likeness (QED) is 0.323. The van der Waals surface area contributed by atoms with Gasteiger partial charge < -0.3 is 5.32 Å². The van der Waals surface area contributed by atoms with Crippen LogP contribution in [-0.2, 0) is 11.8 Å². The van der Waals surface area contributed by atoms with Crippen LogP contribution in [0.3, 0.4) is 0 Å². The highest BCUT2D eigenvalue weighted by molar-refractivity contribution is 8.00. The number of para-hydroxylation sites is 1. The average Bonchev–Trinajstić information content (AvgIpc) is 2.71. The molecule has 1 amide bonds. The molecule has 1 atom stereocenters. The second kappa shape index (κ2) is 7.48. The Morgan fingerprint density at radius 1 is 1.04 bits per heavy atom. The first kappa shape index (κ1) is 18.3. The number of fused-ring (bicyclic) bond motifs is 2. The summed E-state index contributed by atoms with van der Waals surface area (Å²) < 4.78 is 1.51. The molecule has 0 saturated heterocycles. The van der Waals surface area contributed by atoms with E-state index >= 15 is 0 Å². The first-order valence-electron chi connectivity index (χ1n) is 8.95. The third-order valence-corrected chi connectivity index (χ3v) is 5.74. The van der Waals surface area contributed by atoms with E-state index in [1.807, 2.05) is 66.7 Å². The molecule has 5 nitrogen and oxygen atoms in total. The molecule has 0 fully saturated rings. The van der Waals surface area contributed by atoms with Gasteiger partial charge in [0, 0.05) is 12.7 Å². The van der Waals surface area contributed by atoms with E-state index in [-0.39, 0.29) is 11.5 Å². The third kappa shape index (κ3) is 3.51. The zero-order chi connectivity index (χ0) is 19.7. The van der Waals surface area contributed by atoms with Crippen molar-refractivity contribution in [2.24, 2.45) is 7.05 Å². The SMILES string of the molecule is C[C@H](Sc1nc2cc3ccccc3cc2c(=O)n1C)C(=O)Nc1ccccc1. The molecule has 0 aliphatic carbocycles. The monoisotopic (exact) mass is 389 g/mol. The van der Waals surface area contributed by atoms with Crippen molar-refractivity contribution in [1.29, 1.82) is 0 Å². The number of thioether (sulfide) groups is 1. The second-order valence-electron chi connectivity index (χ2n) is 6.59. The number of carbonyl (C=O) groups is 1. The number of rotatable bonds is 4. The summed E-state index contributed by atoms with van der Waals surface area (Å²) in [6, 6.07) is 21.0. The minimum atomic E-state index is -0.406. The maximum Gasteiger partial charge on any atom is 0.261 e. The van der Waals surface area contributed by atoms with Crippen molar-refractivity contribution in [2.45, 2.75) is 17.3 Å². The van der Waals surface area contributed by atoms with Crippen molar-refractivity contribution in [2.75, 3.05) is 5.32 Å². The van der Waals surface area contributed by atoms with Gasteiger partial charge in [-0.25, -0.2) is 4.98 Å². The summed E-state index contributed by atoms with van der Waals surface area (Å²) in [7, 11) is 1.69. The van der Waals surface area contributed by atoms with Gasteiger partial charge in [-0.05, 0) is 42.0 Å². The zero-order valence-electron chi connectivity index (χ0n) is 15.5. The molecule has 6 heteroatoms. The van der Waals surface area contributed by atoms with Crippen LogP contribution < -0.4 is 10.9 Å². The van der Waals surface area contributed by atoms with E-state index in [4.69, 9.17) is 0 Å². The minimum absolute atomic E-state index is 0.117. The number of carbonyl (C=O) groups excluding carboxylic acids is 1. The fourth-order valence-electron chi connectivity index (χ4n) is 3.02. The lowest BCUT2D eigenvalue weighted by molar-refractivity contribution is -0.115. The highest BCUT2D eigenvalue weighted by Crippen LogP contribution is 2.25. The lowest BCUT2D eigenvalue weighted by Crippen LogP contribution is -2.25. The van der Waals surface area contributed by atoms with Gasteiger partial charge in [0.25, 0.3) is 5.56 Å². The first-order chi connectivity index (χ1) is 13.5. The number of benzene rings is 3. The Morgan fingerprint density at radius 3 is 2.39 bits per heavy atom. The van der Waals surface area contributed by atoms with Crippen LogP contribution in [0.25, 0.3) is 21.7 Å². The van der Waals surface area contributed by atoms with E-state index in [9.17, 15) is 9.59 Å². The van der Waals surface area contributed by atoms with Crippen LogP contribution in [0.15, 0.2) is 76.7 Å².